The van der Waals surface area contributed by atoms with E-state index in [-0.39, 0.29) is 25.2 Å². The lowest BCUT2D eigenvalue weighted by molar-refractivity contribution is -0.158. The van der Waals surface area contributed by atoms with Crippen LogP contribution < -0.4 is 21.7 Å². The number of nitrogens with one attached hydrogen (secondary N) is 3. The quantitative estimate of drug-likeness (QED) is 0.119. The van der Waals surface area contributed by atoms with Crippen molar-refractivity contribution in [3.63, 3.8) is 0 Å². The van der Waals surface area contributed by atoms with E-state index in [4.69, 9.17) is 19.9 Å². The number of carbonyl (C=O) groups excluding carboxylic acids is 5. The lowest BCUT2D eigenvalue weighted by Crippen LogP contribution is -2.52. The van der Waals surface area contributed by atoms with Crippen LogP contribution in [-0.2, 0) is 33.4 Å². The van der Waals surface area contributed by atoms with Crippen LogP contribution in [0.1, 0.15) is 99.3 Å². The first-order valence-electron chi connectivity index (χ1n) is 13.6. The molecule has 0 heterocycles. The molecule has 39 heavy (non-hydrogen) atoms. The molecule has 0 aromatic heterocycles. The highest BCUT2D eigenvalue weighted by Gasteiger charge is 2.30. The van der Waals surface area contributed by atoms with Crippen LogP contribution >= 0.6 is 0 Å². The summed E-state index contributed by atoms with van der Waals surface area (Å²) in [5.41, 5.74) is 3.94. The summed E-state index contributed by atoms with van der Waals surface area (Å²) in [5.74, 6) is -1.91. The lowest BCUT2D eigenvalue weighted by Gasteiger charge is -2.26. The minimum absolute atomic E-state index is 0.0337. The molecule has 0 aromatic rings. The fourth-order valence-corrected chi connectivity index (χ4v) is 3.42. The Bertz CT molecular complexity index is 790. The van der Waals surface area contributed by atoms with Gasteiger partial charge in [0.2, 0.25) is 5.91 Å². The Hall–Kier alpha value is -2.89. The van der Waals surface area contributed by atoms with Crippen molar-refractivity contribution in [2.24, 2.45) is 5.73 Å². The van der Waals surface area contributed by atoms with Crippen LogP contribution in [0.4, 0.5) is 4.79 Å². The van der Waals surface area contributed by atoms with E-state index in [9.17, 15) is 24.0 Å². The Labute approximate surface area is 232 Å². The molecule has 0 fully saturated rings. The summed E-state index contributed by atoms with van der Waals surface area (Å²) in [6.07, 6.45) is 4.25. The van der Waals surface area contributed by atoms with E-state index in [1.54, 1.807) is 41.5 Å². The number of hydrogen-bond donors (Lipinski definition) is 4. The van der Waals surface area contributed by atoms with Crippen molar-refractivity contribution in [3.8, 4) is 0 Å². The van der Waals surface area contributed by atoms with E-state index in [0.717, 1.165) is 19.3 Å². The topological polar surface area (TPSA) is 175 Å². The van der Waals surface area contributed by atoms with Crippen LogP contribution in [0.2, 0.25) is 0 Å². The maximum atomic E-state index is 12.7. The zero-order valence-electron chi connectivity index (χ0n) is 24.8. The molecule has 0 aliphatic carbocycles. The zero-order valence-corrected chi connectivity index (χ0v) is 24.8. The summed E-state index contributed by atoms with van der Waals surface area (Å²) in [6.45, 7) is 11.3. The van der Waals surface area contributed by atoms with Gasteiger partial charge in [0.15, 0.2) is 0 Å². The van der Waals surface area contributed by atoms with Gasteiger partial charge in [-0.1, -0.05) is 6.42 Å². The van der Waals surface area contributed by atoms with Crippen LogP contribution in [0.15, 0.2) is 0 Å². The van der Waals surface area contributed by atoms with E-state index < -0.39 is 47.2 Å². The number of rotatable bonds is 17. The average molecular weight is 559 g/mol. The highest BCUT2D eigenvalue weighted by molar-refractivity contribution is 5.87. The third-order valence-electron chi connectivity index (χ3n) is 5.19. The maximum Gasteiger partial charge on any atom is 0.329 e. The van der Waals surface area contributed by atoms with Crippen LogP contribution in [0.3, 0.4) is 0 Å². The second-order valence-electron chi connectivity index (χ2n) is 11.3. The molecule has 2 atom stereocenters. The molecule has 0 aliphatic heterocycles. The number of ether oxygens (including phenoxy) is 3. The van der Waals surface area contributed by atoms with Crippen molar-refractivity contribution >= 4 is 29.8 Å². The van der Waals surface area contributed by atoms with Gasteiger partial charge in [-0.3, -0.25) is 9.59 Å². The number of esters is 3. The monoisotopic (exact) mass is 558 g/mol. The lowest BCUT2D eigenvalue weighted by atomic mass is 10.1. The summed E-state index contributed by atoms with van der Waals surface area (Å²) in [7, 11) is 1.21. The number of unbranched alkanes of at least 4 members (excludes halogenated alkanes) is 3. The molecular weight excluding hydrogens is 508 g/mol. The predicted octanol–water partition coefficient (Wildman–Crippen LogP) is 2.47. The molecule has 5 N–H and O–H groups in total. The van der Waals surface area contributed by atoms with Crippen molar-refractivity contribution in [2.45, 2.75) is 123 Å². The van der Waals surface area contributed by atoms with Crippen molar-refractivity contribution in [1.82, 2.24) is 16.0 Å². The molecule has 0 saturated heterocycles. The van der Waals surface area contributed by atoms with Gasteiger partial charge in [-0.2, -0.15) is 0 Å². The van der Waals surface area contributed by atoms with E-state index >= 15 is 0 Å². The summed E-state index contributed by atoms with van der Waals surface area (Å²) < 4.78 is 15.5. The molecule has 0 rings (SSSR count). The van der Waals surface area contributed by atoms with E-state index in [2.05, 4.69) is 16.0 Å². The summed E-state index contributed by atoms with van der Waals surface area (Å²) in [4.78, 5) is 61.7. The molecule has 0 spiro atoms. The number of nitrogens with two attached hydrogens (primary N) is 1. The normalized spacial score (nSPS) is 13.0. The van der Waals surface area contributed by atoms with Gasteiger partial charge in [-0.15, -0.1) is 0 Å². The molecule has 0 radical (unpaired) electrons. The van der Waals surface area contributed by atoms with Crippen molar-refractivity contribution in [3.05, 3.63) is 0 Å². The standard InChI is InChI=1S/C27H50N4O8/c1-26(2,3)38-22(33)16-15-20(24(35)39-27(4,5)6)31-25(36)30-19(23(34)37-7)13-10-12-18-29-21(32)14-9-8-11-17-28/h19-20H,8-18,28H2,1-7H3,(H,29,32)(H2,30,31,36)/t19-,20-/m0/s1. The molecule has 0 saturated carbocycles. The Morgan fingerprint density at radius 1 is 0.718 bits per heavy atom. The molecule has 0 bridgehead atoms. The first kappa shape index (κ1) is 36.1. The first-order chi connectivity index (χ1) is 18.1. The SMILES string of the molecule is COC(=O)[C@H](CCCCNC(=O)CCCCCN)NC(=O)N[C@@H](CCC(=O)OC(C)(C)C)C(=O)OC(C)(C)C. The Kier molecular flexibility index (Phi) is 17.0. The summed E-state index contributed by atoms with van der Waals surface area (Å²) in [5, 5.41) is 7.88. The minimum atomic E-state index is -1.14. The third kappa shape index (κ3) is 19.8. The Morgan fingerprint density at radius 2 is 1.31 bits per heavy atom. The highest BCUT2D eigenvalue weighted by Crippen LogP contribution is 2.14. The Balaban J connectivity index is 4.93. The second-order valence-corrected chi connectivity index (χ2v) is 11.3. The van der Waals surface area contributed by atoms with E-state index in [0.29, 0.717) is 32.4 Å². The number of hydrogen-bond acceptors (Lipinski definition) is 9. The molecule has 0 aliphatic rings. The van der Waals surface area contributed by atoms with Crippen LogP contribution in [0.25, 0.3) is 0 Å². The fourth-order valence-electron chi connectivity index (χ4n) is 3.42. The van der Waals surface area contributed by atoms with Gasteiger partial charge in [-0.25, -0.2) is 14.4 Å². The van der Waals surface area contributed by atoms with E-state index in [1.807, 2.05) is 0 Å². The molecule has 226 valence electrons. The van der Waals surface area contributed by atoms with Crippen molar-refractivity contribution < 1.29 is 38.2 Å². The number of carbonyl (C=O) groups is 5. The first-order valence-corrected chi connectivity index (χ1v) is 13.6. The average Bonchev–Trinajstić information content (AvgIpc) is 2.80. The minimum Gasteiger partial charge on any atom is -0.467 e. The smallest absolute Gasteiger partial charge is 0.329 e. The van der Waals surface area contributed by atoms with Crippen molar-refractivity contribution in [2.75, 3.05) is 20.2 Å². The molecule has 12 heteroatoms. The highest BCUT2D eigenvalue weighted by atomic mass is 16.6. The zero-order chi connectivity index (χ0) is 30.1. The third-order valence-corrected chi connectivity index (χ3v) is 5.19. The van der Waals surface area contributed by atoms with Gasteiger partial charge >= 0.3 is 23.9 Å². The fraction of sp³-hybridized carbons (Fsp3) is 0.815. The van der Waals surface area contributed by atoms with Gasteiger partial charge in [0.05, 0.1) is 7.11 Å². The number of urea groups is 1. The molecule has 12 nitrogen and oxygen atoms in total. The van der Waals surface area contributed by atoms with Gasteiger partial charge in [-0.05, 0) is 86.6 Å². The number of amides is 3. The second kappa shape index (κ2) is 18.4. The van der Waals surface area contributed by atoms with Crippen LogP contribution in [0, 0.1) is 0 Å². The Morgan fingerprint density at radius 3 is 1.85 bits per heavy atom. The van der Waals surface area contributed by atoms with Crippen LogP contribution in [0.5, 0.6) is 0 Å². The van der Waals surface area contributed by atoms with Gasteiger partial charge in [0.1, 0.15) is 23.3 Å². The van der Waals surface area contributed by atoms with Crippen LogP contribution in [-0.4, -0.2) is 73.3 Å². The van der Waals surface area contributed by atoms with Crippen molar-refractivity contribution in [1.29, 1.82) is 0 Å². The van der Waals surface area contributed by atoms with Gasteiger partial charge in [0.25, 0.3) is 0 Å². The summed E-state index contributed by atoms with van der Waals surface area (Å²) in [6, 6.07) is -2.89. The van der Waals surface area contributed by atoms with Gasteiger partial charge in [0, 0.05) is 19.4 Å². The largest absolute Gasteiger partial charge is 0.467 e. The molecule has 0 aromatic carbocycles. The predicted molar refractivity (Wildman–Crippen MR) is 147 cm³/mol. The molecule has 3 amide bonds. The van der Waals surface area contributed by atoms with E-state index in [1.165, 1.54) is 7.11 Å². The molecular formula is C27H50N4O8. The maximum absolute atomic E-state index is 12.7. The number of methoxy groups -OCH3 is 1. The molecule has 0 unspecified atom stereocenters. The summed E-state index contributed by atoms with van der Waals surface area (Å²) >= 11 is 0. The van der Waals surface area contributed by atoms with Gasteiger partial charge < -0.3 is 35.9 Å².